The molecule has 18 heavy (non-hydrogen) atoms. The van der Waals surface area contributed by atoms with Crippen LogP contribution >= 0.6 is 0 Å². The van der Waals surface area contributed by atoms with Crippen molar-refractivity contribution in [3.63, 3.8) is 0 Å². The van der Waals surface area contributed by atoms with Crippen molar-refractivity contribution in [1.29, 1.82) is 0 Å². The van der Waals surface area contributed by atoms with E-state index in [0.29, 0.717) is 6.61 Å². The quantitative estimate of drug-likeness (QED) is 0.885. The molecule has 1 fully saturated rings. The first-order valence-corrected chi connectivity index (χ1v) is 5.94. The molecular formula is C13H16F3NO. The highest BCUT2D eigenvalue weighted by Gasteiger charge is 2.38. The molecule has 3 atom stereocenters. The van der Waals surface area contributed by atoms with Crippen molar-refractivity contribution in [2.75, 3.05) is 6.61 Å². The molecule has 0 radical (unpaired) electrons. The lowest BCUT2D eigenvalue weighted by atomic mass is 9.90. The Morgan fingerprint density at radius 1 is 1.33 bits per heavy atom. The molecule has 2 nitrogen and oxygen atoms in total. The second-order valence-electron chi connectivity index (χ2n) is 4.71. The smallest absolute Gasteiger partial charge is 0.376 e. The van der Waals surface area contributed by atoms with Gasteiger partial charge in [-0.1, -0.05) is 25.1 Å². The zero-order chi connectivity index (χ0) is 13.3. The molecule has 1 saturated heterocycles. The van der Waals surface area contributed by atoms with E-state index in [1.807, 2.05) is 6.92 Å². The molecule has 2 rings (SSSR count). The van der Waals surface area contributed by atoms with Gasteiger partial charge in [0.1, 0.15) is 0 Å². The third kappa shape index (κ3) is 2.52. The van der Waals surface area contributed by atoms with Crippen LogP contribution in [-0.4, -0.2) is 12.7 Å². The van der Waals surface area contributed by atoms with Crippen LogP contribution in [0.4, 0.5) is 13.2 Å². The van der Waals surface area contributed by atoms with Crippen molar-refractivity contribution in [2.24, 2.45) is 11.7 Å². The summed E-state index contributed by atoms with van der Waals surface area (Å²) in [6.45, 7) is 2.52. The molecule has 1 heterocycles. The Labute approximate surface area is 104 Å². The summed E-state index contributed by atoms with van der Waals surface area (Å²) in [7, 11) is 0. The second-order valence-corrected chi connectivity index (χ2v) is 4.71. The Kier molecular flexibility index (Phi) is 3.64. The lowest BCUT2D eigenvalue weighted by Crippen LogP contribution is -2.31. The number of alkyl halides is 3. The summed E-state index contributed by atoms with van der Waals surface area (Å²) in [5, 5.41) is 0. The van der Waals surface area contributed by atoms with Gasteiger partial charge in [-0.3, -0.25) is 0 Å². The zero-order valence-electron chi connectivity index (χ0n) is 10.1. The van der Waals surface area contributed by atoms with E-state index in [9.17, 15) is 13.2 Å². The molecule has 1 aromatic rings. The molecule has 5 heteroatoms. The zero-order valence-corrected chi connectivity index (χ0v) is 10.1. The average Bonchev–Trinajstić information content (AvgIpc) is 2.73. The number of hydrogen-bond donors (Lipinski definition) is 1. The van der Waals surface area contributed by atoms with E-state index in [4.69, 9.17) is 10.5 Å². The Morgan fingerprint density at radius 3 is 2.56 bits per heavy atom. The van der Waals surface area contributed by atoms with Crippen molar-refractivity contribution in [3.8, 4) is 0 Å². The molecule has 1 aliphatic heterocycles. The van der Waals surface area contributed by atoms with Gasteiger partial charge in [-0.05, 0) is 24.0 Å². The van der Waals surface area contributed by atoms with Crippen LogP contribution in [0.5, 0.6) is 0 Å². The van der Waals surface area contributed by atoms with Crippen LogP contribution in [0.2, 0.25) is 0 Å². The minimum absolute atomic E-state index is 0.115. The predicted octanol–water partition coefficient (Wildman–Crippen LogP) is 3.13. The number of nitrogens with two attached hydrogens (primary N) is 1. The maximum Gasteiger partial charge on any atom is 0.416 e. The molecule has 2 N–H and O–H groups in total. The Morgan fingerprint density at radius 2 is 2.00 bits per heavy atom. The first-order chi connectivity index (χ1) is 8.41. The molecule has 100 valence electrons. The Hall–Kier alpha value is -1.07. The molecule has 1 aromatic carbocycles. The van der Waals surface area contributed by atoms with E-state index in [-0.39, 0.29) is 17.6 Å². The summed E-state index contributed by atoms with van der Waals surface area (Å²) in [5.74, 6) is 0.182. The predicted molar refractivity (Wildman–Crippen MR) is 61.9 cm³/mol. The highest BCUT2D eigenvalue weighted by molar-refractivity contribution is 5.33. The maximum atomic E-state index is 12.9. The van der Waals surface area contributed by atoms with E-state index in [2.05, 4.69) is 0 Å². The van der Waals surface area contributed by atoms with Gasteiger partial charge in [0, 0.05) is 6.61 Å². The van der Waals surface area contributed by atoms with Crippen LogP contribution in [0.25, 0.3) is 0 Å². The molecule has 1 aliphatic rings. The molecule has 0 aromatic heterocycles. The van der Waals surface area contributed by atoms with Crippen LogP contribution < -0.4 is 5.73 Å². The van der Waals surface area contributed by atoms with E-state index >= 15 is 0 Å². The molecule has 0 spiro atoms. The van der Waals surface area contributed by atoms with Crippen molar-refractivity contribution < 1.29 is 17.9 Å². The van der Waals surface area contributed by atoms with E-state index in [1.165, 1.54) is 12.1 Å². The van der Waals surface area contributed by atoms with Gasteiger partial charge in [0.25, 0.3) is 0 Å². The van der Waals surface area contributed by atoms with Gasteiger partial charge in [0.05, 0.1) is 17.7 Å². The lowest BCUT2D eigenvalue weighted by Gasteiger charge is -2.25. The average molecular weight is 259 g/mol. The van der Waals surface area contributed by atoms with Gasteiger partial charge < -0.3 is 10.5 Å². The number of rotatable bonds is 2. The van der Waals surface area contributed by atoms with Crippen LogP contribution in [0.1, 0.15) is 30.5 Å². The summed E-state index contributed by atoms with van der Waals surface area (Å²) in [4.78, 5) is 0. The Bertz CT molecular complexity index is 419. The second kappa shape index (κ2) is 4.90. The van der Waals surface area contributed by atoms with Crippen molar-refractivity contribution >= 4 is 0 Å². The summed E-state index contributed by atoms with van der Waals surface area (Å²) >= 11 is 0. The molecular weight excluding hydrogens is 243 g/mol. The standard InChI is InChI=1S/C13H16F3NO/c1-8-6-7-18-12(8)11(17)9-4-2-3-5-10(9)13(14,15)16/h2-5,8,11-12H,6-7,17H2,1H3. The van der Waals surface area contributed by atoms with Gasteiger partial charge in [0.15, 0.2) is 0 Å². The van der Waals surface area contributed by atoms with Gasteiger partial charge in [-0.2, -0.15) is 13.2 Å². The first-order valence-electron chi connectivity index (χ1n) is 5.94. The third-order valence-corrected chi connectivity index (χ3v) is 3.42. The van der Waals surface area contributed by atoms with Crippen molar-refractivity contribution in [2.45, 2.75) is 31.7 Å². The SMILES string of the molecule is CC1CCOC1C(N)c1ccccc1C(F)(F)F. The number of ether oxygens (including phenoxy) is 1. The van der Waals surface area contributed by atoms with Crippen LogP contribution in [0.15, 0.2) is 24.3 Å². The largest absolute Gasteiger partial charge is 0.416 e. The molecule has 0 saturated carbocycles. The van der Waals surface area contributed by atoms with Gasteiger partial charge in [-0.25, -0.2) is 0 Å². The normalized spacial score (nSPS) is 26.3. The fraction of sp³-hybridized carbons (Fsp3) is 0.538. The van der Waals surface area contributed by atoms with Crippen LogP contribution in [-0.2, 0) is 10.9 Å². The summed E-state index contributed by atoms with van der Waals surface area (Å²) in [5.41, 5.74) is 5.41. The minimum Gasteiger partial charge on any atom is -0.376 e. The van der Waals surface area contributed by atoms with E-state index in [1.54, 1.807) is 6.07 Å². The van der Waals surface area contributed by atoms with E-state index < -0.39 is 17.8 Å². The van der Waals surface area contributed by atoms with Crippen LogP contribution in [0, 0.1) is 5.92 Å². The van der Waals surface area contributed by atoms with Gasteiger partial charge >= 0.3 is 6.18 Å². The van der Waals surface area contributed by atoms with Crippen LogP contribution in [0.3, 0.4) is 0 Å². The monoisotopic (exact) mass is 259 g/mol. The lowest BCUT2D eigenvalue weighted by molar-refractivity contribution is -0.138. The number of hydrogen-bond acceptors (Lipinski definition) is 2. The van der Waals surface area contributed by atoms with Gasteiger partial charge in [-0.15, -0.1) is 0 Å². The molecule has 0 amide bonds. The first kappa shape index (κ1) is 13.4. The molecule has 0 aliphatic carbocycles. The third-order valence-electron chi connectivity index (χ3n) is 3.42. The molecule has 0 bridgehead atoms. The maximum absolute atomic E-state index is 12.9. The number of halogens is 3. The Balaban J connectivity index is 2.33. The number of benzene rings is 1. The van der Waals surface area contributed by atoms with Gasteiger partial charge in [0.2, 0.25) is 0 Å². The van der Waals surface area contributed by atoms with Crippen molar-refractivity contribution in [1.82, 2.24) is 0 Å². The van der Waals surface area contributed by atoms with E-state index in [0.717, 1.165) is 12.5 Å². The summed E-state index contributed by atoms with van der Waals surface area (Å²) in [6.07, 6.45) is -3.88. The fourth-order valence-corrected chi connectivity index (χ4v) is 2.40. The summed E-state index contributed by atoms with van der Waals surface area (Å²) < 4.78 is 44.1. The highest BCUT2D eigenvalue weighted by Crippen LogP contribution is 2.37. The molecule has 3 unspecified atom stereocenters. The topological polar surface area (TPSA) is 35.2 Å². The highest BCUT2D eigenvalue weighted by atomic mass is 19.4. The summed E-state index contributed by atoms with van der Waals surface area (Å²) in [6, 6.07) is 4.71. The van der Waals surface area contributed by atoms with Crippen molar-refractivity contribution in [3.05, 3.63) is 35.4 Å². The fourth-order valence-electron chi connectivity index (χ4n) is 2.40. The minimum atomic E-state index is -4.38.